The van der Waals surface area contributed by atoms with Crippen LogP contribution in [0.2, 0.25) is 0 Å². The minimum absolute atomic E-state index is 0.0222. The molecule has 8 nitrogen and oxygen atoms in total. The summed E-state index contributed by atoms with van der Waals surface area (Å²) in [5.41, 5.74) is -2.09. The number of hydrogen-bond donors (Lipinski definition) is 0. The molecular formula is C18H26O8. The van der Waals surface area contributed by atoms with E-state index < -0.39 is 35.0 Å². The molecule has 0 radical (unpaired) electrons. The number of methoxy groups -OCH3 is 2. The van der Waals surface area contributed by atoms with Crippen LogP contribution in [-0.2, 0) is 38.4 Å². The van der Waals surface area contributed by atoms with Gasteiger partial charge in [-0.1, -0.05) is 12.2 Å². The van der Waals surface area contributed by atoms with Gasteiger partial charge in [0.25, 0.3) is 0 Å². The van der Waals surface area contributed by atoms with Crippen LogP contribution < -0.4 is 0 Å². The van der Waals surface area contributed by atoms with Gasteiger partial charge in [0.15, 0.2) is 0 Å². The van der Waals surface area contributed by atoms with E-state index in [9.17, 15) is 14.4 Å². The summed E-state index contributed by atoms with van der Waals surface area (Å²) in [6.07, 6.45) is 2.98. The molecule has 0 saturated carbocycles. The second kappa shape index (κ2) is 8.95. The maximum atomic E-state index is 12.4. The molecule has 1 rings (SSSR count). The Labute approximate surface area is 153 Å². The lowest BCUT2D eigenvalue weighted by Crippen LogP contribution is -2.38. The highest BCUT2D eigenvalue weighted by Crippen LogP contribution is 2.36. The number of carbonyl (C=O) groups excluding carboxylic acids is 3. The second-order valence-corrected chi connectivity index (χ2v) is 6.68. The van der Waals surface area contributed by atoms with E-state index in [0.29, 0.717) is 0 Å². The van der Waals surface area contributed by atoms with Gasteiger partial charge in [-0.05, 0) is 33.8 Å². The van der Waals surface area contributed by atoms with Crippen LogP contribution in [0.1, 0.15) is 34.1 Å². The molecule has 26 heavy (non-hydrogen) atoms. The Hall–Kier alpha value is -2.19. The molecule has 0 aliphatic heterocycles. The lowest BCUT2D eigenvalue weighted by atomic mass is 9.77. The Kier molecular flexibility index (Phi) is 7.53. The van der Waals surface area contributed by atoms with E-state index in [4.69, 9.17) is 24.0 Å². The van der Waals surface area contributed by atoms with Crippen molar-refractivity contribution in [3.05, 3.63) is 23.8 Å². The first-order valence-corrected chi connectivity index (χ1v) is 8.17. The standard InChI is InChI=1S/C18H26O8/c1-7-24-14(19)11-18(16(21)23-6)9-8-13(25-26-17(2,3)4)12(10-18)15(20)22-5/h8-10,13H,7,11H2,1-6H3. The predicted octanol–water partition coefficient (Wildman–Crippen LogP) is 1.88. The second-order valence-electron chi connectivity index (χ2n) is 6.68. The van der Waals surface area contributed by atoms with E-state index in [1.807, 2.05) is 0 Å². The predicted molar refractivity (Wildman–Crippen MR) is 90.6 cm³/mol. The first kappa shape index (κ1) is 21.9. The van der Waals surface area contributed by atoms with Gasteiger partial charge in [0.1, 0.15) is 11.5 Å². The van der Waals surface area contributed by atoms with Crippen molar-refractivity contribution >= 4 is 17.9 Å². The summed E-state index contributed by atoms with van der Waals surface area (Å²) in [5.74, 6) is -2.03. The van der Waals surface area contributed by atoms with E-state index in [0.717, 1.165) is 0 Å². The maximum absolute atomic E-state index is 12.4. The molecule has 1 aliphatic carbocycles. The lowest BCUT2D eigenvalue weighted by molar-refractivity contribution is -0.358. The molecule has 8 heteroatoms. The van der Waals surface area contributed by atoms with E-state index in [-0.39, 0.29) is 18.6 Å². The molecule has 0 aromatic carbocycles. The molecule has 146 valence electrons. The Morgan fingerprint density at radius 2 is 1.81 bits per heavy atom. The zero-order chi connectivity index (χ0) is 20.0. The first-order valence-electron chi connectivity index (χ1n) is 8.17. The highest BCUT2D eigenvalue weighted by atomic mass is 17.2. The molecule has 2 atom stereocenters. The largest absolute Gasteiger partial charge is 0.468 e. The van der Waals surface area contributed by atoms with E-state index in [2.05, 4.69) is 0 Å². The Morgan fingerprint density at radius 1 is 1.15 bits per heavy atom. The van der Waals surface area contributed by atoms with Crippen LogP contribution in [-0.4, -0.2) is 50.4 Å². The van der Waals surface area contributed by atoms with Crippen molar-refractivity contribution < 1.29 is 38.4 Å². The molecule has 0 fully saturated rings. The molecule has 1 aliphatic rings. The van der Waals surface area contributed by atoms with E-state index in [1.54, 1.807) is 27.7 Å². The van der Waals surface area contributed by atoms with Crippen LogP contribution >= 0.6 is 0 Å². The summed E-state index contributed by atoms with van der Waals surface area (Å²) in [7, 11) is 2.40. The smallest absolute Gasteiger partial charge is 0.336 e. The van der Waals surface area contributed by atoms with Crippen molar-refractivity contribution in [1.82, 2.24) is 0 Å². The third-order valence-electron chi connectivity index (χ3n) is 3.42. The first-order chi connectivity index (χ1) is 12.1. The fourth-order valence-corrected chi connectivity index (χ4v) is 2.29. The van der Waals surface area contributed by atoms with Crippen LogP contribution in [0, 0.1) is 5.41 Å². The molecule has 0 aromatic heterocycles. The van der Waals surface area contributed by atoms with Crippen LogP contribution in [0.25, 0.3) is 0 Å². The zero-order valence-corrected chi connectivity index (χ0v) is 16.0. The van der Waals surface area contributed by atoms with E-state index in [1.165, 1.54) is 32.4 Å². The van der Waals surface area contributed by atoms with Gasteiger partial charge in [-0.2, -0.15) is 0 Å². The number of carbonyl (C=O) groups is 3. The Balaban J connectivity index is 3.24. The fraction of sp³-hybridized carbons (Fsp3) is 0.611. The zero-order valence-electron chi connectivity index (χ0n) is 16.0. The summed E-state index contributed by atoms with van der Waals surface area (Å²) in [4.78, 5) is 47.1. The molecule has 0 aromatic rings. The number of rotatable bonds is 7. The van der Waals surface area contributed by atoms with Crippen molar-refractivity contribution in [2.24, 2.45) is 5.41 Å². The van der Waals surface area contributed by atoms with Crippen molar-refractivity contribution in [2.45, 2.75) is 45.8 Å². The summed E-state index contributed by atoms with van der Waals surface area (Å²) in [6, 6.07) is 0. The quantitative estimate of drug-likeness (QED) is 0.220. The van der Waals surface area contributed by atoms with Crippen molar-refractivity contribution in [3.8, 4) is 0 Å². The van der Waals surface area contributed by atoms with Crippen LogP contribution in [0.3, 0.4) is 0 Å². The molecule has 0 N–H and O–H groups in total. The van der Waals surface area contributed by atoms with Gasteiger partial charge < -0.3 is 14.2 Å². The van der Waals surface area contributed by atoms with Gasteiger partial charge in [-0.15, -0.1) is 0 Å². The third kappa shape index (κ3) is 5.67. The van der Waals surface area contributed by atoms with Crippen molar-refractivity contribution in [2.75, 3.05) is 20.8 Å². The van der Waals surface area contributed by atoms with Gasteiger partial charge in [-0.3, -0.25) is 9.59 Å². The molecular weight excluding hydrogens is 344 g/mol. The minimum atomic E-state index is -1.49. The Morgan fingerprint density at radius 3 is 2.31 bits per heavy atom. The number of hydrogen-bond acceptors (Lipinski definition) is 8. The average Bonchev–Trinajstić information content (AvgIpc) is 2.58. The van der Waals surface area contributed by atoms with Gasteiger partial charge in [0.05, 0.1) is 38.4 Å². The fourth-order valence-electron chi connectivity index (χ4n) is 2.29. The monoisotopic (exact) mass is 370 g/mol. The highest BCUT2D eigenvalue weighted by Gasteiger charge is 2.43. The summed E-state index contributed by atoms with van der Waals surface area (Å²) in [6.45, 7) is 7.16. The van der Waals surface area contributed by atoms with Crippen LogP contribution in [0.5, 0.6) is 0 Å². The van der Waals surface area contributed by atoms with Crippen molar-refractivity contribution in [3.63, 3.8) is 0 Å². The number of esters is 3. The average molecular weight is 370 g/mol. The molecule has 0 bridgehead atoms. The SMILES string of the molecule is CCOC(=O)CC1(C(=O)OC)C=CC(OOC(C)(C)C)C(C(=O)OC)=C1. The van der Waals surface area contributed by atoms with Crippen LogP contribution in [0.15, 0.2) is 23.8 Å². The normalized spacial score (nSPS) is 22.4. The molecule has 0 spiro atoms. The summed E-state index contributed by atoms with van der Waals surface area (Å²) >= 11 is 0. The van der Waals surface area contributed by atoms with Gasteiger partial charge in [0.2, 0.25) is 0 Å². The summed E-state index contributed by atoms with van der Waals surface area (Å²) < 4.78 is 14.5. The highest BCUT2D eigenvalue weighted by molar-refractivity contribution is 5.95. The Bertz CT molecular complexity index is 599. The molecule has 2 unspecified atom stereocenters. The molecule has 0 saturated heterocycles. The number of ether oxygens (including phenoxy) is 3. The van der Waals surface area contributed by atoms with Crippen LogP contribution in [0.4, 0.5) is 0 Å². The molecule has 0 heterocycles. The van der Waals surface area contributed by atoms with Gasteiger partial charge >= 0.3 is 17.9 Å². The minimum Gasteiger partial charge on any atom is -0.468 e. The van der Waals surface area contributed by atoms with Crippen molar-refractivity contribution in [1.29, 1.82) is 0 Å². The molecule has 0 amide bonds. The summed E-state index contributed by atoms with van der Waals surface area (Å²) in [5, 5.41) is 0. The lowest BCUT2D eigenvalue weighted by Gasteiger charge is -2.30. The van der Waals surface area contributed by atoms with E-state index >= 15 is 0 Å². The maximum Gasteiger partial charge on any atom is 0.336 e. The van der Waals surface area contributed by atoms with Gasteiger partial charge in [-0.25, -0.2) is 14.6 Å². The van der Waals surface area contributed by atoms with Gasteiger partial charge in [0, 0.05) is 0 Å². The third-order valence-corrected chi connectivity index (χ3v) is 3.42. The topological polar surface area (TPSA) is 97.4 Å².